The Morgan fingerprint density at radius 2 is 2.10 bits per heavy atom. The van der Waals surface area contributed by atoms with Gasteiger partial charge in [-0.3, -0.25) is 14.5 Å². The molecule has 0 radical (unpaired) electrons. The Morgan fingerprint density at radius 3 is 2.67 bits per heavy atom. The van der Waals surface area contributed by atoms with Crippen LogP contribution in [-0.2, 0) is 16.1 Å². The monoisotopic (exact) mass is 292 g/mol. The summed E-state index contributed by atoms with van der Waals surface area (Å²) in [4.78, 5) is 24.4. The van der Waals surface area contributed by atoms with Crippen molar-refractivity contribution in [2.45, 2.75) is 25.9 Å². The highest BCUT2D eigenvalue weighted by atomic mass is 16.5. The van der Waals surface area contributed by atoms with Gasteiger partial charge >= 0.3 is 0 Å². The molecule has 1 fully saturated rings. The van der Waals surface area contributed by atoms with Gasteiger partial charge in [-0.2, -0.15) is 0 Å². The van der Waals surface area contributed by atoms with E-state index in [1.54, 1.807) is 7.11 Å². The molecule has 1 N–H and O–H groups in total. The molecule has 0 aliphatic carbocycles. The number of carbonyl (C=O) groups is 2. The SMILES string of the molecule is CCOc1ccc(CNC2CC(=O)N(C)C2=O)cc1OC. The summed E-state index contributed by atoms with van der Waals surface area (Å²) in [7, 11) is 3.09. The average molecular weight is 292 g/mol. The number of carbonyl (C=O) groups excluding carboxylic acids is 2. The highest BCUT2D eigenvalue weighted by Crippen LogP contribution is 2.28. The molecule has 0 aromatic heterocycles. The molecule has 2 amide bonds. The van der Waals surface area contributed by atoms with E-state index in [1.165, 1.54) is 7.05 Å². The number of imide groups is 1. The van der Waals surface area contributed by atoms with E-state index in [0.717, 1.165) is 10.5 Å². The van der Waals surface area contributed by atoms with E-state index >= 15 is 0 Å². The van der Waals surface area contributed by atoms with Gasteiger partial charge in [-0.1, -0.05) is 6.07 Å². The number of methoxy groups -OCH3 is 1. The van der Waals surface area contributed by atoms with Crippen molar-refractivity contribution in [3.8, 4) is 11.5 Å². The van der Waals surface area contributed by atoms with Crippen LogP contribution >= 0.6 is 0 Å². The van der Waals surface area contributed by atoms with Crippen molar-refractivity contribution in [3.63, 3.8) is 0 Å². The van der Waals surface area contributed by atoms with Gasteiger partial charge in [0.2, 0.25) is 11.8 Å². The quantitative estimate of drug-likeness (QED) is 0.790. The van der Waals surface area contributed by atoms with E-state index in [1.807, 2.05) is 25.1 Å². The lowest BCUT2D eigenvalue weighted by atomic mass is 10.1. The van der Waals surface area contributed by atoms with Crippen LogP contribution in [0.1, 0.15) is 18.9 Å². The lowest BCUT2D eigenvalue weighted by Crippen LogP contribution is -2.36. The van der Waals surface area contributed by atoms with Crippen molar-refractivity contribution in [2.75, 3.05) is 20.8 Å². The third-order valence-electron chi connectivity index (χ3n) is 3.46. The number of likely N-dealkylation sites (tertiary alicyclic amines) is 1. The zero-order chi connectivity index (χ0) is 15.4. The first-order chi connectivity index (χ1) is 10.1. The predicted octanol–water partition coefficient (Wildman–Crippen LogP) is 0.941. The third-order valence-corrected chi connectivity index (χ3v) is 3.46. The molecular weight excluding hydrogens is 272 g/mol. The minimum absolute atomic E-state index is 0.151. The second-order valence-electron chi connectivity index (χ2n) is 4.85. The molecule has 21 heavy (non-hydrogen) atoms. The zero-order valence-corrected chi connectivity index (χ0v) is 12.5. The smallest absolute Gasteiger partial charge is 0.246 e. The van der Waals surface area contributed by atoms with Crippen molar-refractivity contribution >= 4 is 11.8 Å². The summed E-state index contributed by atoms with van der Waals surface area (Å²) < 4.78 is 10.7. The Morgan fingerprint density at radius 1 is 1.33 bits per heavy atom. The van der Waals surface area contributed by atoms with E-state index in [2.05, 4.69) is 5.32 Å². The fraction of sp³-hybridized carbons (Fsp3) is 0.467. The Kier molecular flexibility index (Phi) is 4.80. The van der Waals surface area contributed by atoms with E-state index in [-0.39, 0.29) is 18.2 Å². The number of likely N-dealkylation sites (N-methyl/N-ethyl adjacent to an activating group) is 1. The van der Waals surface area contributed by atoms with Gasteiger partial charge in [0.15, 0.2) is 11.5 Å². The molecule has 1 atom stereocenters. The van der Waals surface area contributed by atoms with Crippen molar-refractivity contribution in [1.82, 2.24) is 10.2 Å². The van der Waals surface area contributed by atoms with Crippen LogP contribution in [0.3, 0.4) is 0 Å². The largest absolute Gasteiger partial charge is 0.493 e. The lowest BCUT2D eigenvalue weighted by molar-refractivity contribution is -0.137. The maximum Gasteiger partial charge on any atom is 0.246 e. The molecule has 1 unspecified atom stereocenters. The summed E-state index contributed by atoms with van der Waals surface area (Å²) in [5, 5.41) is 3.10. The number of rotatable bonds is 6. The second kappa shape index (κ2) is 6.58. The van der Waals surface area contributed by atoms with E-state index in [9.17, 15) is 9.59 Å². The first-order valence-corrected chi connectivity index (χ1v) is 6.90. The summed E-state index contributed by atoms with van der Waals surface area (Å²) in [6, 6.07) is 5.17. The molecule has 1 aromatic carbocycles. The molecule has 6 heteroatoms. The number of benzene rings is 1. The highest BCUT2D eigenvalue weighted by Gasteiger charge is 2.35. The Labute approximate surface area is 124 Å². The number of amides is 2. The van der Waals surface area contributed by atoms with Gasteiger partial charge in [-0.15, -0.1) is 0 Å². The molecule has 1 aliphatic heterocycles. The van der Waals surface area contributed by atoms with Crippen molar-refractivity contribution in [3.05, 3.63) is 23.8 Å². The minimum Gasteiger partial charge on any atom is -0.493 e. The van der Waals surface area contributed by atoms with Crippen LogP contribution in [0, 0.1) is 0 Å². The van der Waals surface area contributed by atoms with Gasteiger partial charge in [0.1, 0.15) is 0 Å². The maximum atomic E-state index is 11.8. The molecular formula is C15H20N2O4. The van der Waals surface area contributed by atoms with Crippen LogP contribution in [0.4, 0.5) is 0 Å². The topological polar surface area (TPSA) is 67.9 Å². The normalized spacial score (nSPS) is 18.2. The molecule has 0 bridgehead atoms. The fourth-order valence-corrected chi connectivity index (χ4v) is 2.25. The number of hydrogen-bond acceptors (Lipinski definition) is 5. The van der Waals surface area contributed by atoms with Crippen molar-refractivity contribution in [2.24, 2.45) is 0 Å². The van der Waals surface area contributed by atoms with Crippen LogP contribution in [0.5, 0.6) is 11.5 Å². The maximum absolute atomic E-state index is 11.8. The third kappa shape index (κ3) is 3.33. The summed E-state index contributed by atoms with van der Waals surface area (Å²) >= 11 is 0. The zero-order valence-electron chi connectivity index (χ0n) is 12.5. The van der Waals surface area contributed by atoms with Gasteiger partial charge in [-0.05, 0) is 24.6 Å². The van der Waals surface area contributed by atoms with Crippen molar-refractivity contribution in [1.29, 1.82) is 0 Å². The van der Waals surface area contributed by atoms with E-state index < -0.39 is 6.04 Å². The fourth-order valence-electron chi connectivity index (χ4n) is 2.25. The van der Waals surface area contributed by atoms with Gasteiger partial charge in [0.25, 0.3) is 0 Å². The van der Waals surface area contributed by atoms with Crippen molar-refractivity contribution < 1.29 is 19.1 Å². The molecule has 2 rings (SSSR count). The van der Waals surface area contributed by atoms with Gasteiger partial charge in [0, 0.05) is 13.6 Å². The summed E-state index contributed by atoms with van der Waals surface area (Å²) in [6.07, 6.45) is 0.212. The standard InChI is InChI=1S/C15H20N2O4/c1-4-21-12-6-5-10(7-13(12)20-3)9-16-11-8-14(18)17(2)15(11)19/h5-7,11,16H,4,8-9H2,1-3H3. The molecule has 1 aromatic rings. The summed E-state index contributed by atoms with van der Waals surface area (Å²) in [5.74, 6) is 1.01. The van der Waals surface area contributed by atoms with Crippen LogP contribution in [-0.4, -0.2) is 43.5 Å². The number of nitrogens with zero attached hydrogens (tertiary/aromatic N) is 1. The van der Waals surface area contributed by atoms with Gasteiger partial charge in [0.05, 0.1) is 26.2 Å². The minimum atomic E-state index is -0.444. The second-order valence-corrected chi connectivity index (χ2v) is 4.85. The van der Waals surface area contributed by atoms with Crippen LogP contribution in [0.2, 0.25) is 0 Å². The molecule has 0 saturated carbocycles. The van der Waals surface area contributed by atoms with Crippen LogP contribution in [0.25, 0.3) is 0 Å². The molecule has 114 valence electrons. The average Bonchev–Trinajstić information content (AvgIpc) is 2.73. The molecule has 1 aliphatic rings. The number of hydrogen-bond donors (Lipinski definition) is 1. The van der Waals surface area contributed by atoms with Gasteiger partial charge < -0.3 is 14.8 Å². The molecule has 6 nitrogen and oxygen atoms in total. The summed E-state index contributed by atoms with van der Waals surface area (Å²) in [6.45, 7) is 2.97. The van der Waals surface area contributed by atoms with Crippen LogP contribution in [0.15, 0.2) is 18.2 Å². The Bertz CT molecular complexity index is 544. The van der Waals surface area contributed by atoms with E-state index in [4.69, 9.17) is 9.47 Å². The van der Waals surface area contributed by atoms with Gasteiger partial charge in [-0.25, -0.2) is 0 Å². The van der Waals surface area contributed by atoms with E-state index in [0.29, 0.717) is 24.7 Å². The Hall–Kier alpha value is -2.08. The first-order valence-electron chi connectivity index (χ1n) is 6.90. The number of ether oxygens (including phenoxy) is 2. The highest BCUT2D eigenvalue weighted by molar-refractivity contribution is 6.05. The molecule has 0 spiro atoms. The first kappa shape index (κ1) is 15.3. The van der Waals surface area contributed by atoms with Crippen LogP contribution < -0.4 is 14.8 Å². The molecule has 1 saturated heterocycles. The summed E-state index contributed by atoms with van der Waals surface area (Å²) in [5.41, 5.74) is 0.963. The number of nitrogens with one attached hydrogen (secondary N) is 1. The lowest BCUT2D eigenvalue weighted by Gasteiger charge is -2.13. The molecule has 1 heterocycles. The Balaban J connectivity index is 2.01. The predicted molar refractivity (Wildman–Crippen MR) is 77.2 cm³/mol.